The quantitative estimate of drug-likeness (QED) is 0.797. The average Bonchev–Trinajstić information content (AvgIpc) is 2.50. The Bertz CT molecular complexity index is 600. The number of benzene rings is 1. The first-order valence-electron chi connectivity index (χ1n) is 6.91. The number of hydrogen-bond acceptors (Lipinski definition) is 5. The highest BCUT2D eigenvalue weighted by atomic mass is 16.5. The highest BCUT2D eigenvalue weighted by Crippen LogP contribution is 2.16. The van der Waals surface area contributed by atoms with E-state index in [9.17, 15) is 4.79 Å². The van der Waals surface area contributed by atoms with Crippen LogP contribution >= 0.6 is 0 Å². The number of pyridine rings is 1. The van der Waals surface area contributed by atoms with Gasteiger partial charge in [-0.25, -0.2) is 9.78 Å². The highest BCUT2D eigenvalue weighted by Gasteiger charge is 2.12. The Morgan fingerprint density at radius 1 is 1.33 bits per heavy atom. The summed E-state index contributed by atoms with van der Waals surface area (Å²) in [5, 5.41) is 3.18. The van der Waals surface area contributed by atoms with Crippen LogP contribution in [0, 0.1) is 0 Å². The molecular formula is C16H19N3O2. The lowest BCUT2D eigenvalue weighted by molar-refractivity contribution is 0.0527. The lowest BCUT2D eigenvalue weighted by Gasteiger charge is -2.09. The van der Waals surface area contributed by atoms with Crippen LogP contribution in [0.15, 0.2) is 42.6 Å². The number of anilines is 2. The lowest BCUT2D eigenvalue weighted by Crippen LogP contribution is -2.11. The smallest absolute Gasteiger partial charge is 0.340 e. The van der Waals surface area contributed by atoms with Crippen molar-refractivity contribution in [2.75, 3.05) is 24.2 Å². The van der Waals surface area contributed by atoms with Crippen molar-refractivity contribution in [1.29, 1.82) is 0 Å². The van der Waals surface area contributed by atoms with E-state index in [-0.39, 0.29) is 0 Å². The number of carbonyl (C=O) groups excluding carboxylic acids is 1. The van der Waals surface area contributed by atoms with Crippen LogP contribution in [-0.2, 0) is 11.2 Å². The second kappa shape index (κ2) is 7.28. The van der Waals surface area contributed by atoms with Gasteiger partial charge in [-0.15, -0.1) is 0 Å². The van der Waals surface area contributed by atoms with Gasteiger partial charge in [0, 0.05) is 6.54 Å². The predicted molar refractivity (Wildman–Crippen MR) is 83.2 cm³/mol. The lowest BCUT2D eigenvalue weighted by atomic mass is 10.1. The molecule has 110 valence electrons. The maximum atomic E-state index is 11.8. The maximum Gasteiger partial charge on any atom is 0.340 e. The molecule has 1 heterocycles. The first kappa shape index (κ1) is 14.8. The van der Waals surface area contributed by atoms with Crippen molar-refractivity contribution in [3.05, 3.63) is 53.7 Å². The van der Waals surface area contributed by atoms with Crippen LogP contribution in [0.5, 0.6) is 0 Å². The molecular weight excluding hydrogens is 266 g/mol. The van der Waals surface area contributed by atoms with Gasteiger partial charge in [-0.2, -0.15) is 0 Å². The third-order valence-electron chi connectivity index (χ3n) is 2.99. The van der Waals surface area contributed by atoms with Crippen molar-refractivity contribution in [1.82, 2.24) is 4.98 Å². The Morgan fingerprint density at radius 2 is 2.10 bits per heavy atom. The van der Waals surface area contributed by atoms with Crippen molar-refractivity contribution in [2.24, 2.45) is 0 Å². The first-order valence-corrected chi connectivity index (χ1v) is 6.91. The Kier molecular flexibility index (Phi) is 5.15. The minimum Gasteiger partial charge on any atom is -0.462 e. The SMILES string of the molecule is CCOC(=O)c1cc(NCCc2ccccc2)ncc1N. The van der Waals surface area contributed by atoms with Gasteiger partial charge in [-0.3, -0.25) is 0 Å². The number of aromatic nitrogens is 1. The van der Waals surface area contributed by atoms with E-state index < -0.39 is 5.97 Å². The molecule has 3 N–H and O–H groups in total. The average molecular weight is 285 g/mol. The van der Waals surface area contributed by atoms with Gasteiger partial charge < -0.3 is 15.8 Å². The topological polar surface area (TPSA) is 77.2 Å². The molecule has 0 aliphatic rings. The number of hydrogen-bond donors (Lipinski definition) is 2. The van der Waals surface area contributed by atoms with Crippen molar-refractivity contribution in [2.45, 2.75) is 13.3 Å². The van der Waals surface area contributed by atoms with E-state index in [1.165, 1.54) is 11.8 Å². The van der Waals surface area contributed by atoms with Crippen LogP contribution in [0.4, 0.5) is 11.5 Å². The van der Waals surface area contributed by atoms with E-state index in [4.69, 9.17) is 10.5 Å². The molecule has 5 heteroatoms. The molecule has 0 radical (unpaired) electrons. The molecule has 0 unspecified atom stereocenters. The van der Waals surface area contributed by atoms with Crippen molar-refractivity contribution in [3.8, 4) is 0 Å². The summed E-state index contributed by atoms with van der Waals surface area (Å²) in [7, 11) is 0. The Morgan fingerprint density at radius 3 is 2.81 bits per heavy atom. The first-order chi connectivity index (χ1) is 10.2. The van der Waals surface area contributed by atoms with Crippen LogP contribution in [0.25, 0.3) is 0 Å². The molecule has 0 saturated carbocycles. The van der Waals surface area contributed by atoms with Gasteiger partial charge in [-0.1, -0.05) is 30.3 Å². The summed E-state index contributed by atoms with van der Waals surface area (Å²) in [5.41, 5.74) is 7.65. The highest BCUT2D eigenvalue weighted by molar-refractivity contribution is 5.95. The van der Waals surface area contributed by atoms with Gasteiger partial charge in [-0.05, 0) is 25.0 Å². The fourth-order valence-corrected chi connectivity index (χ4v) is 1.93. The van der Waals surface area contributed by atoms with Crippen LogP contribution < -0.4 is 11.1 Å². The molecule has 5 nitrogen and oxygen atoms in total. The molecule has 2 aromatic rings. The van der Waals surface area contributed by atoms with E-state index >= 15 is 0 Å². The zero-order valence-corrected chi connectivity index (χ0v) is 12.0. The molecule has 0 fully saturated rings. The second-order valence-electron chi connectivity index (χ2n) is 4.54. The molecule has 0 aliphatic heterocycles. The Hall–Kier alpha value is -2.56. The molecule has 1 aromatic heterocycles. The van der Waals surface area contributed by atoms with E-state index in [1.807, 2.05) is 18.2 Å². The monoisotopic (exact) mass is 285 g/mol. The minimum absolute atomic E-state index is 0.317. The number of rotatable bonds is 6. The predicted octanol–water partition coefficient (Wildman–Crippen LogP) is 2.50. The number of nitrogen functional groups attached to an aromatic ring is 1. The molecule has 0 bridgehead atoms. The van der Waals surface area contributed by atoms with Crippen molar-refractivity contribution in [3.63, 3.8) is 0 Å². The van der Waals surface area contributed by atoms with E-state index in [0.29, 0.717) is 23.7 Å². The Balaban J connectivity index is 1.97. The molecule has 0 spiro atoms. The van der Waals surface area contributed by atoms with Crippen molar-refractivity contribution < 1.29 is 9.53 Å². The van der Waals surface area contributed by atoms with Crippen LogP contribution in [0.3, 0.4) is 0 Å². The zero-order valence-electron chi connectivity index (χ0n) is 12.0. The summed E-state index contributed by atoms with van der Waals surface area (Å²) < 4.78 is 4.96. The molecule has 21 heavy (non-hydrogen) atoms. The van der Waals surface area contributed by atoms with Gasteiger partial charge in [0.25, 0.3) is 0 Å². The number of nitrogens with one attached hydrogen (secondary N) is 1. The molecule has 0 saturated heterocycles. The van der Waals surface area contributed by atoms with E-state index in [1.54, 1.807) is 13.0 Å². The standard InChI is InChI=1S/C16H19N3O2/c1-2-21-16(20)13-10-15(19-11-14(13)17)18-9-8-12-6-4-3-5-7-12/h3-7,10-11H,2,8-9,17H2,1H3,(H,18,19). The van der Waals surface area contributed by atoms with Crippen LogP contribution in [0.2, 0.25) is 0 Å². The van der Waals surface area contributed by atoms with Crippen LogP contribution in [-0.4, -0.2) is 24.1 Å². The number of ether oxygens (including phenoxy) is 1. The summed E-state index contributed by atoms with van der Waals surface area (Å²) in [4.78, 5) is 15.9. The number of esters is 1. The zero-order chi connectivity index (χ0) is 15.1. The molecule has 0 aliphatic carbocycles. The number of nitrogens with two attached hydrogens (primary N) is 1. The summed E-state index contributed by atoms with van der Waals surface area (Å²) in [5.74, 6) is 0.187. The van der Waals surface area contributed by atoms with Crippen molar-refractivity contribution >= 4 is 17.5 Å². The molecule has 2 rings (SSSR count). The van der Waals surface area contributed by atoms with Crippen LogP contribution in [0.1, 0.15) is 22.8 Å². The maximum absolute atomic E-state index is 11.8. The second-order valence-corrected chi connectivity index (χ2v) is 4.54. The third kappa shape index (κ3) is 4.21. The number of nitrogens with zero attached hydrogens (tertiary/aromatic N) is 1. The Labute approximate surface area is 124 Å². The summed E-state index contributed by atoms with van der Waals surface area (Å²) in [6.07, 6.45) is 2.35. The minimum atomic E-state index is -0.427. The number of carbonyl (C=O) groups is 1. The van der Waals surface area contributed by atoms with Gasteiger partial charge >= 0.3 is 5.97 Å². The molecule has 0 amide bonds. The summed E-state index contributed by atoms with van der Waals surface area (Å²) in [6.45, 7) is 2.80. The molecule has 1 aromatic carbocycles. The fraction of sp³-hybridized carbons (Fsp3) is 0.250. The van der Waals surface area contributed by atoms with E-state index in [2.05, 4.69) is 22.4 Å². The van der Waals surface area contributed by atoms with Gasteiger partial charge in [0.05, 0.1) is 24.1 Å². The third-order valence-corrected chi connectivity index (χ3v) is 2.99. The fourth-order valence-electron chi connectivity index (χ4n) is 1.93. The van der Waals surface area contributed by atoms with Gasteiger partial charge in [0.1, 0.15) is 5.82 Å². The van der Waals surface area contributed by atoms with Gasteiger partial charge in [0.2, 0.25) is 0 Å². The largest absolute Gasteiger partial charge is 0.462 e. The van der Waals surface area contributed by atoms with E-state index in [0.717, 1.165) is 13.0 Å². The van der Waals surface area contributed by atoms with Gasteiger partial charge in [0.15, 0.2) is 0 Å². The summed E-state index contributed by atoms with van der Waals surface area (Å²) >= 11 is 0. The normalized spacial score (nSPS) is 10.1. The molecule has 0 atom stereocenters. The summed E-state index contributed by atoms with van der Waals surface area (Å²) in [6, 6.07) is 11.8.